The van der Waals surface area contributed by atoms with Crippen molar-refractivity contribution in [1.82, 2.24) is 0 Å². The van der Waals surface area contributed by atoms with E-state index in [2.05, 4.69) is 134 Å². The molecule has 0 heterocycles. The van der Waals surface area contributed by atoms with Crippen LogP contribution in [0.4, 0.5) is 11.4 Å². The summed E-state index contributed by atoms with van der Waals surface area (Å²) in [5.41, 5.74) is 10.2. The summed E-state index contributed by atoms with van der Waals surface area (Å²) >= 11 is 0. The molecule has 0 saturated heterocycles. The van der Waals surface area contributed by atoms with E-state index in [1.807, 2.05) is 6.07 Å². The van der Waals surface area contributed by atoms with Crippen molar-refractivity contribution in [3.8, 4) is 22.3 Å². The molecule has 0 unspecified atom stereocenters. The van der Waals surface area contributed by atoms with E-state index in [0.717, 1.165) is 11.4 Å². The van der Waals surface area contributed by atoms with Crippen molar-refractivity contribution in [2.45, 2.75) is 19.3 Å². The van der Waals surface area contributed by atoms with Gasteiger partial charge in [-0.3, -0.25) is 0 Å². The molecule has 0 saturated carbocycles. The van der Waals surface area contributed by atoms with Crippen LogP contribution in [0.15, 0.2) is 121 Å². The van der Waals surface area contributed by atoms with Gasteiger partial charge < -0.3 is 5.32 Å². The summed E-state index contributed by atoms with van der Waals surface area (Å²) in [6.45, 7) is 4.71. The lowest BCUT2D eigenvalue weighted by Gasteiger charge is -2.23. The summed E-state index contributed by atoms with van der Waals surface area (Å²) in [4.78, 5) is 0. The van der Waals surface area contributed by atoms with E-state index in [4.69, 9.17) is 0 Å². The number of rotatable bonds is 3. The first-order chi connectivity index (χ1) is 17.6. The lowest BCUT2D eigenvalue weighted by atomic mass is 9.81. The standard InChI is InChI=1S/C35H27N/c1-35(2)33-21-24(32-20-23-10-6-7-13-27(23)28-14-8-9-15-29(28)32)16-18-30(33)31-19-17-26(22-34(31)35)36-25-11-4-3-5-12-25/h3-22,36H,1-2H3. The van der Waals surface area contributed by atoms with Gasteiger partial charge in [0.25, 0.3) is 0 Å². The second-order valence-corrected chi connectivity index (χ2v) is 10.3. The SMILES string of the molecule is CC1(C)c2cc(Nc3ccccc3)ccc2-c2ccc(-c3cc4ccccc4c4ccccc34)cc21. The topological polar surface area (TPSA) is 12.0 Å². The fourth-order valence-electron chi connectivity index (χ4n) is 5.96. The first kappa shape index (κ1) is 21.0. The number of hydrogen-bond acceptors (Lipinski definition) is 1. The number of benzene rings is 6. The van der Waals surface area contributed by atoms with E-state index in [9.17, 15) is 0 Å². The molecule has 6 aromatic carbocycles. The minimum atomic E-state index is -0.0816. The normalized spacial score (nSPS) is 13.5. The van der Waals surface area contributed by atoms with Gasteiger partial charge in [0.05, 0.1) is 0 Å². The summed E-state index contributed by atoms with van der Waals surface area (Å²) in [5.74, 6) is 0. The van der Waals surface area contributed by atoms with Crippen molar-refractivity contribution in [2.24, 2.45) is 0 Å². The highest BCUT2D eigenvalue weighted by Gasteiger charge is 2.35. The van der Waals surface area contributed by atoms with Crippen LogP contribution in [0.5, 0.6) is 0 Å². The molecule has 0 amide bonds. The van der Waals surface area contributed by atoms with Crippen LogP contribution in [0.3, 0.4) is 0 Å². The highest BCUT2D eigenvalue weighted by atomic mass is 14.9. The largest absolute Gasteiger partial charge is 0.356 e. The van der Waals surface area contributed by atoms with Crippen LogP contribution in [0.1, 0.15) is 25.0 Å². The van der Waals surface area contributed by atoms with Crippen molar-refractivity contribution in [1.29, 1.82) is 0 Å². The Labute approximate surface area is 212 Å². The molecule has 0 aliphatic heterocycles. The number of para-hydroxylation sites is 1. The van der Waals surface area contributed by atoms with Crippen LogP contribution in [-0.4, -0.2) is 0 Å². The maximum absolute atomic E-state index is 3.57. The van der Waals surface area contributed by atoms with Gasteiger partial charge in [-0.2, -0.15) is 0 Å². The molecular weight excluding hydrogens is 434 g/mol. The molecule has 0 aromatic heterocycles. The zero-order chi connectivity index (χ0) is 24.3. The Hall–Kier alpha value is -4.36. The minimum absolute atomic E-state index is 0.0816. The fourth-order valence-corrected chi connectivity index (χ4v) is 5.96. The maximum atomic E-state index is 3.57. The maximum Gasteiger partial charge on any atom is 0.0387 e. The van der Waals surface area contributed by atoms with E-state index in [0.29, 0.717) is 0 Å². The molecule has 1 N–H and O–H groups in total. The van der Waals surface area contributed by atoms with E-state index in [1.54, 1.807) is 0 Å². The molecule has 172 valence electrons. The van der Waals surface area contributed by atoms with Crippen LogP contribution < -0.4 is 5.32 Å². The molecular formula is C35H27N. The first-order valence-electron chi connectivity index (χ1n) is 12.6. The van der Waals surface area contributed by atoms with Gasteiger partial charge in [-0.05, 0) is 91.3 Å². The van der Waals surface area contributed by atoms with Gasteiger partial charge in [0, 0.05) is 16.8 Å². The van der Waals surface area contributed by atoms with Gasteiger partial charge >= 0.3 is 0 Å². The Morgan fingerprint density at radius 3 is 1.92 bits per heavy atom. The van der Waals surface area contributed by atoms with Crippen LogP contribution in [0.2, 0.25) is 0 Å². The van der Waals surface area contributed by atoms with Gasteiger partial charge in [0.2, 0.25) is 0 Å². The molecule has 0 spiro atoms. The molecule has 1 aliphatic rings. The van der Waals surface area contributed by atoms with E-state index < -0.39 is 0 Å². The third-order valence-electron chi connectivity index (χ3n) is 7.82. The lowest BCUT2D eigenvalue weighted by molar-refractivity contribution is 0.661. The highest BCUT2D eigenvalue weighted by molar-refractivity contribution is 6.13. The number of anilines is 2. The Morgan fingerprint density at radius 1 is 0.472 bits per heavy atom. The summed E-state index contributed by atoms with van der Waals surface area (Å²) in [6, 6.07) is 44.1. The molecule has 1 heteroatoms. The van der Waals surface area contributed by atoms with E-state index in [-0.39, 0.29) is 5.41 Å². The highest BCUT2D eigenvalue weighted by Crippen LogP contribution is 2.51. The first-order valence-corrected chi connectivity index (χ1v) is 12.6. The molecule has 0 radical (unpaired) electrons. The smallest absolute Gasteiger partial charge is 0.0387 e. The van der Waals surface area contributed by atoms with Crippen LogP contribution in [0.25, 0.3) is 43.8 Å². The van der Waals surface area contributed by atoms with Crippen LogP contribution >= 0.6 is 0 Å². The Bertz CT molecular complexity index is 1780. The second kappa shape index (κ2) is 7.83. The van der Waals surface area contributed by atoms with Crippen molar-refractivity contribution >= 4 is 32.9 Å². The molecule has 36 heavy (non-hydrogen) atoms. The number of fused-ring (bicyclic) bond motifs is 6. The van der Waals surface area contributed by atoms with Crippen LogP contribution in [-0.2, 0) is 5.41 Å². The predicted octanol–water partition coefficient (Wildman–Crippen LogP) is 9.71. The number of hydrogen-bond donors (Lipinski definition) is 1. The predicted molar refractivity (Wildman–Crippen MR) is 154 cm³/mol. The average molecular weight is 462 g/mol. The zero-order valence-electron chi connectivity index (χ0n) is 20.5. The van der Waals surface area contributed by atoms with Gasteiger partial charge in [0.1, 0.15) is 0 Å². The molecule has 1 nitrogen and oxygen atoms in total. The summed E-state index contributed by atoms with van der Waals surface area (Å²) < 4.78 is 0. The van der Waals surface area contributed by atoms with Crippen molar-refractivity contribution < 1.29 is 0 Å². The average Bonchev–Trinajstić information content (AvgIpc) is 3.14. The van der Waals surface area contributed by atoms with E-state index in [1.165, 1.54) is 54.9 Å². The molecule has 0 fully saturated rings. The molecule has 0 bridgehead atoms. The Kier molecular flexibility index (Phi) is 4.56. The fraction of sp³-hybridized carbons (Fsp3) is 0.0857. The Morgan fingerprint density at radius 2 is 1.11 bits per heavy atom. The van der Waals surface area contributed by atoms with Gasteiger partial charge in [-0.1, -0.05) is 98.8 Å². The minimum Gasteiger partial charge on any atom is -0.356 e. The third-order valence-corrected chi connectivity index (χ3v) is 7.82. The summed E-state index contributed by atoms with van der Waals surface area (Å²) in [7, 11) is 0. The molecule has 7 rings (SSSR count). The second-order valence-electron chi connectivity index (χ2n) is 10.3. The van der Waals surface area contributed by atoms with Crippen molar-refractivity contribution in [3.05, 3.63) is 132 Å². The van der Waals surface area contributed by atoms with Crippen molar-refractivity contribution in [2.75, 3.05) is 5.32 Å². The number of nitrogens with one attached hydrogen (secondary N) is 1. The lowest BCUT2D eigenvalue weighted by Crippen LogP contribution is -2.15. The summed E-state index contributed by atoms with van der Waals surface area (Å²) in [5, 5.41) is 8.78. The third kappa shape index (κ3) is 3.17. The van der Waals surface area contributed by atoms with Crippen LogP contribution in [0, 0.1) is 0 Å². The van der Waals surface area contributed by atoms with Gasteiger partial charge in [-0.25, -0.2) is 0 Å². The van der Waals surface area contributed by atoms with Crippen molar-refractivity contribution in [3.63, 3.8) is 0 Å². The zero-order valence-corrected chi connectivity index (χ0v) is 20.5. The molecule has 0 atom stereocenters. The molecule has 1 aliphatic carbocycles. The Balaban J connectivity index is 1.36. The van der Waals surface area contributed by atoms with Gasteiger partial charge in [0.15, 0.2) is 0 Å². The molecule has 6 aromatic rings. The monoisotopic (exact) mass is 461 g/mol. The van der Waals surface area contributed by atoms with E-state index >= 15 is 0 Å². The summed E-state index contributed by atoms with van der Waals surface area (Å²) in [6.07, 6.45) is 0. The van der Waals surface area contributed by atoms with Gasteiger partial charge in [-0.15, -0.1) is 0 Å². The quantitative estimate of drug-likeness (QED) is 0.259.